The molecule has 2 nitrogen and oxygen atoms in total. The first kappa shape index (κ1) is 37.6. The minimum Gasteiger partial charge on any atom is -0.310 e. The molecule has 308 valence electrons. The topological polar surface area (TPSA) is 8.17 Å². The minimum absolute atomic E-state index is 0.953. The third-order valence-electron chi connectivity index (χ3n) is 14.1. The highest BCUT2D eigenvalue weighted by atomic mass is 15.2. The summed E-state index contributed by atoms with van der Waals surface area (Å²) in [6, 6.07) is 67.9. The highest BCUT2D eigenvalue weighted by molar-refractivity contribution is 6.27. The standard InChI is InChI=1S/C63H46N2/c1-41-34-39-54-57(40-41)60(49-31-17-19-42-18-5-6-22-46(42)49)50-25-7-8-26-51(50)61(54)62-52-27-9-11-29-55(52)63(56-30-12-10-28-53(56)62)64(43-20-3-2-4-21-43)44-35-37-45(38-36-44)65-58-32-15-13-23-47(58)48-24-14-16-33-59(48)65/h3,5-11,13-29,31-40H,2,4,12,30H2,1H3. The molecule has 2 aliphatic carbocycles. The summed E-state index contributed by atoms with van der Waals surface area (Å²) in [5.41, 5.74) is 16.5. The molecule has 10 aromatic carbocycles. The van der Waals surface area contributed by atoms with Gasteiger partial charge in [0.15, 0.2) is 0 Å². The van der Waals surface area contributed by atoms with Crippen molar-refractivity contribution in [3.8, 4) is 27.9 Å². The number of hydrogen-bond acceptors (Lipinski definition) is 1. The number of nitrogens with zero attached hydrogens (tertiary/aromatic N) is 2. The molecule has 0 aliphatic heterocycles. The number of allylic oxidation sites excluding steroid dienone is 4. The van der Waals surface area contributed by atoms with Crippen molar-refractivity contribution in [3.63, 3.8) is 0 Å². The maximum atomic E-state index is 2.57. The van der Waals surface area contributed by atoms with Gasteiger partial charge in [-0.15, -0.1) is 0 Å². The monoisotopic (exact) mass is 830 g/mol. The van der Waals surface area contributed by atoms with Crippen LogP contribution >= 0.6 is 0 Å². The van der Waals surface area contributed by atoms with Crippen LogP contribution in [0.15, 0.2) is 212 Å². The van der Waals surface area contributed by atoms with E-state index in [4.69, 9.17) is 0 Å². The first-order valence-electron chi connectivity index (χ1n) is 23.1. The zero-order chi connectivity index (χ0) is 43.0. The van der Waals surface area contributed by atoms with Gasteiger partial charge in [0.05, 0.1) is 16.7 Å². The Kier molecular flexibility index (Phi) is 8.74. The molecule has 0 atom stereocenters. The Labute approximate surface area is 379 Å². The quantitative estimate of drug-likeness (QED) is 0.152. The molecule has 0 fully saturated rings. The second-order valence-electron chi connectivity index (χ2n) is 17.8. The van der Waals surface area contributed by atoms with Crippen LogP contribution in [-0.4, -0.2) is 4.57 Å². The fraction of sp³-hybridized carbons (Fsp3) is 0.0794. The van der Waals surface area contributed by atoms with Crippen molar-refractivity contribution in [1.82, 2.24) is 4.57 Å². The lowest BCUT2D eigenvalue weighted by atomic mass is 9.79. The van der Waals surface area contributed by atoms with Crippen molar-refractivity contribution in [3.05, 3.63) is 229 Å². The number of para-hydroxylation sites is 2. The predicted molar refractivity (Wildman–Crippen MR) is 279 cm³/mol. The van der Waals surface area contributed by atoms with Gasteiger partial charge in [-0.25, -0.2) is 0 Å². The molecule has 65 heavy (non-hydrogen) atoms. The van der Waals surface area contributed by atoms with E-state index in [1.807, 2.05) is 0 Å². The van der Waals surface area contributed by atoms with Crippen molar-refractivity contribution >= 4 is 82.3 Å². The molecule has 0 N–H and O–H groups in total. The van der Waals surface area contributed by atoms with Crippen molar-refractivity contribution in [2.75, 3.05) is 4.90 Å². The van der Waals surface area contributed by atoms with E-state index in [9.17, 15) is 0 Å². The Bertz CT molecular complexity index is 3780. The Morgan fingerprint density at radius 2 is 1.05 bits per heavy atom. The minimum atomic E-state index is 0.953. The first-order chi connectivity index (χ1) is 32.2. The van der Waals surface area contributed by atoms with Crippen LogP contribution in [-0.2, 0) is 6.42 Å². The molecule has 0 bridgehead atoms. The molecule has 13 rings (SSSR count). The SMILES string of the molecule is Cc1ccc2c(-c3c4c(c(N(C5=CCCC=C5)c5ccc(-n6c7ccccc7c7ccccc76)cc5)c5ccccc35)CCC=C4)c3ccccc3c(-c3cccc4ccccc34)c2c1. The van der Waals surface area contributed by atoms with Crippen molar-refractivity contribution in [2.24, 2.45) is 0 Å². The van der Waals surface area contributed by atoms with Gasteiger partial charge < -0.3 is 9.47 Å². The summed E-state index contributed by atoms with van der Waals surface area (Å²) in [5.74, 6) is 0. The first-order valence-corrected chi connectivity index (χ1v) is 23.1. The van der Waals surface area contributed by atoms with Crippen LogP contribution in [0.1, 0.15) is 36.0 Å². The summed E-state index contributed by atoms with van der Waals surface area (Å²) in [4.78, 5) is 2.57. The smallest absolute Gasteiger partial charge is 0.0578 e. The van der Waals surface area contributed by atoms with Crippen LogP contribution in [0, 0.1) is 6.92 Å². The van der Waals surface area contributed by atoms with Gasteiger partial charge in [-0.2, -0.15) is 0 Å². The van der Waals surface area contributed by atoms with Gasteiger partial charge in [-0.05, 0) is 146 Å². The lowest BCUT2D eigenvalue weighted by Crippen LogP contribution is -2.20. The molecule has 2 aliphatic rings. The Morgan fingerprint density at radius 1 is 0.446 bits per heavy atom. The molecular formula is C63H46N2. The molecule has 0 unspecified atom stereocenters. The summed E-state index contributed by atoms with van der Waals surface area (Å²) < 4.78 is 2.41. The predicted octanol–water partition coefficient (Wildman–Crippen LogP) is 17.4. The van der Waals surface area contributed by atoms with Crippen LogP contribution in [0.3, 0.4) is 0 Å². The van der Waals surface area contributed by atoms with E-state index < -0.39 is 0 Å². The van der Waals surface area contributed by atoms with E-state index >= 15 is 0 Å². The third kappa shape index (κ3) is 5.87. The molecule has 0 spiro atoms. The Balaban J connectivity index is 1.08. The lowest BCUT2D eigenvalue weighted by Gasteiger charge is -2.34. The maximum Gasteiger partial charge on any atom is 0.0578 e. The Hall–Kier alpha value is -7.94. The maximum absolute atomic E-state index is 2.57. The van der Waals surface area contributed by atoms with Gasteiger partial charge in [-0.3, -0.25) is 0 Å². The molecule has 2 heteroatoms. The molecule has 0 saturated heterocycles. The largest absolute Gasteiger partial charge is 0.310 e. The lowest BCUT2D eigenvalue weighted by molar-refractivity contribution is 0.967. The summed E-state index contributed by atoms with van der Waals surface area (Å²) in [6.07, 6.45) is 16.0. The number of anilines is 2. The van der Waals surface area contributed by atoms with Gasteiger partial charge in [0.25, 0.3) is 0 Å². The fourth-order valence-electron chi connectivity index (χ4n) is 11.3. The van der Waals surface area contributed by atoms with E-state index in [0.29, 0.717) is 0 Å². The van der Waals surface area contributed by atoms with E-state index in [2.05, 4.69) is 229 Å². The van der Waals surface area contributed by atoms with Gasteiger partial charge in [0.1, 0.15) is 0 Å². The number of rotatable bonds is 6. The molecule has 0 amide bonds. The summed E-state index contributed by atoms with van der Waals surface area (Å²) >= 11 is 0. The van der Waals surface area contributed by atoms with Crippen LogP contribution in [0.2, 0.25) is 0 Å². The average Bonchev–Trinajstić information content (AvgIpc) is 3.70. The van der Waals surface area contributed by atoms with Crippen LogP contribution in [0.5, 0.6) is 0 Å². The second kappa shape index (κ2) is 15.1. The number of aromatic nitrogens is 1. The highest BCUT2D eigenvalue weighted by Gasteiger charge is 2.29. The van der Waals surface area contributed by atoms with E-state index in [1.165, 1.54) is 115 Å². The molecule has 1 aromatic heterocycles. The average molecular weight is 831 g/mol. The second-order valence-corrected chi connectivity index (χ2v) is 17.8. The molecule has 1 heterocycles. The van der Waals surface area contributed by atoms with Crippen molar-refractivity contribution in [1.29, 1.82) is 0 Å². The zero-order valence-electron chi connectivity index (χ0n) is 36.4. The zero-order valence-corrected chi connectivity index (χ0v) is 36.4. The molecule has 0 saturated carbocycles. The molecule has 0 radical (unpaired) electrons. The summed E-state index contributed by atoms with van der Waals surface area (Å²) in [7, 11) is 0. The highest BCUT2D eigenvalue weighted by Crippen LogP contribution is 2.53. The van der Waals surface area contributed by atoms with Crippen LogP contribution in [0.4, 0.5) is 11.4 Å². The summed E-state index contributed by atoms with van der Waals surface area (Å²) in [5, 5.41) is 12.8. The Morgan fingerprint density at radius 3 is 1.77 bits per heavy atom. The normalized spacial score (nSPS) is 13.6. The molecular weight excluding hydrogens is 785 g/mol. The third-order valence-corrected chi connectivity index (χ3v) is 14.1. The summed E-state index contributed by atoms with van der Waals surface area (Å²) in [6.45, 7) is 2.23. The van der Waals surface area contributed by atoms with Gasteiger partial charge in [-0.1, -0.05) is 175 Å². The number of hydrogen-bond donors (Lipinski definition) is 0. The van der Waals surface area contributed by atoms with Gasteiger partial charge in [0, 0.05) is 33.2 Å². The number of benzene rings is 10. The van der Waals surface area contributed by atoms with Crippen LogP contribution in [0.25, 0.3) is 98.9 Å². The fourth-order valence-corrected chi connectivity index (χ4v) is 11.3. The van der Waals surface area contributed by atoms with Gasteiger partial charge >= 0.3 is 0 Å². The number of fused-ring (bicyclic) bond motifs is 8. The van der Waals surface area contributed by atoms with Crippen LogP contribution < -0.4 is 4.90 Å². The van der Waals surface area contributed by atoms with Crippen molar-refractivity contribution < 1.29 is 0 Å². The van der Waals surface area contributed by atoms with E-state index in [0.717, 1.165) is 37.1 Å². The molecule has 11 aromatic rings. The van der Waals surface area contributed by atoms with Gasteiger partial charge in [0.2, 0.25) is 0 Å². The number of aryl methyl sites for hydroxylation is 1. The van der Waals surface area contributed by atoms with E-state index in [1.54, 1.807) is 0 Å². The van der Waals surface area contributed by atoms with E-state index in [-0.39, 0.29) is 0 Å². The van der Waals surface area contributed by atoms with Crippen molar-refractivity contribution in [2.45, 2.75) is 32.6 Å².